The third kappa shape index (κ3) is 16.7. The zero-order chi connectivity index (χ0) is 20.4. The number of ether oxygens (including phenoxy) is 4. The number of esters is 2. The molecule has 0 aliphatic carbocycles. The van der Waals surface area contributed by atoms with E-state index in [0.717, 1.165) is 25.5 Å². The Labute approximate surface area is 155 Å². The average molecular weight is 373 g/mol. The number of amides is 1. The van der Waals surface area contributed by atoms with Crippen LogP contribution in [0.25, 0.3) is 0 Å². The quantitative estimate of drug-likeness (QED) is 0.360. The SMILES string of the molecule is C=C(C)C(=O)OCCOC.C=CC(=O)OCCOC.CN1CCCC1=O. The normalized spacial score (nSPS) is 12.2. The van der Waals surface area contributed by atoms with Gasteiger partial charge in [0.25, 0.3) is 0 Å². The van der Waals surface area contributed by atoms with Crippen LogP contribution >= 0.6 is 0 Å². The van der Waals surface area contributed by atoms with Crippen molar-refractivity contribution in [3.05, 3.63) is 24.8 Å². The molecule has 0 aromatic rings. The number of hydrogen-bond acceptors (Lipinski definition) is 7. The molecule has 1 heterocycles. The molecular weight excluding hydrogens is 342 g/mol. The molecule has 150 valence electrons. The molecule has 8 nitrogen and oxygen atoms in total. The van der Waals surface area contributed by atoms with Crippen molar-refractivity contribution in [2.75, 3.05) is 54.2 Å². The third-order valence-electron chi connectivity index (χ3n) is 2.88. The maximum atomic E-state index is 10.6. The summed E-state index contributed by atoms with van der Waals surface area (Å²) in [7, 11) is 4.94. The van der Waals surface area contributed by atoms with Crippen LogP contribution in [0.3, 0.4) is 0 Å². The highest BCUT2D eigenvalue weighted by atomic mass is 16.6. The van der Waals surface area contributed by atoms with E-state index in [1.165, 1.54) is 0 Å². The monoisotopic (exact) mass is 373 g/mol. The first kappa shape index (κ1) is 26.0. The highest BCUT2D eigenvalue weighted by Gasteiger charge is 2.14. The summed E-state index contributed by atoms with van der Waals surface area (Å²) in [6.45, 7) is 10.7. The second-order valence-electron chi connectivity index (χ2n) is 5.19. The summed E-state index contributed by atoms with van der Waals surface area (Å²) in [5.41, 5.74) is 0.413. The number of rotatable bonds is 8. The Kier molecular flexibility index (Phi) is 17.7. The summed E-state index contributed by atoms with van der Waals surface area (Å²) in [6.07, 6.45) is 2.93. The highest BCUT2D eigenvalue weighted by Crippen LogP contribution is 2.04. The minimum atomic E-state index is -0.410. The van der Waals surface area contributed by atoms with Crippen molar-refractivity contribution in [3.63, 3.8) is 0 Å². The van der Waals surface area contributed by atoms with Crippen LogP contribution in [0.1, 0.15) is 19.8 Å². The lowest BCUT2D eigenvalue weighted by Crippen LogP contribution is -2.17. The first-order chi connectivity index (χ1) is 12.3. The molecule has 0 atom stereocenters. The molecule has 1 rings (SSSR count). The maximum absolute atomic E-state index is 10.6. The molecular formula is C18H31NO7. The van der Waals surface area contributed by atoms with Gasteiger partial charge in [-0.05, 0) is 13.3 Å². The fourth-order valence-corrected chi connectivity index (χ4v) is 1.41. The summed E-state index contributed by atoms with van der Waals surface area (Å²) in [6, 6.07) is 0. The lowest BCUT2D eigenvalue weighted by molar-refractivity contribution is -0.140. The van der Waals surface area contributed by atoms with Gasteiger partial charge in [0.15, 0.2) is 0 Å². The highest BCUT2D eigenvalue weighted by molar-refractivity contribution is 5.86. The Hall–Kier alpha value is -2.19. The zero-order valence-electron chi connectivity index (χ0n) is 16.2. The third-order valence-corrected chi connectivity index (χ3v) is 2.88. The summed E-state index contributed by atoms with van der Waals surface area (Å²) >= 11 is 0. The van der Waals surface area contributed by atoms with Gasteiger partial charge in [0, 0.05) is 45.9 Å². The van der Waals surface area contributed by atoms with Gasteiger partial charge in [-0.3, -0.25) is 4.79 Å². The van der Waals surface area contributed by atoms with E-state index < -0.39 is 5.97 Å². The van der Waals surface area contributed by atoms with Crippen molar-refractivity contribution in [1.82, 2.24) is 4.90 Å². The van der Waals surface area contributed by atoms with Gasteiger partial charge in [-0.1, -0.05) is 13.2 Å². The second-order valence-corrected chi connectivity index (χ2v) is 5.19. The summed E-state index contributed by atoms with van der Waals surface area (Å²) in [4.78, 5) is 33.2. The molecule has 0 N–H and O–H groups in total. The van der Waals surface area contributed by atoms with E-state index in [9.17, 15) is 14.4 Å². The second kappa shape index (κ2) is 17.6. The predicted molar refractivity (Wildman–Crippen MR) is 97.6 cm³/mol. The minimum Gasteiger partial charge on any atom is -0.460 e. The fourth-order valence-electron chi connectivity index (χ4n) is 1.41. The molecule has 1 aliphatic heterocycles. The van der Waals surface area contributed by atoms with E-state index in [4.69, 9.17) is 0 Å². The first-order valence-corrected chi connectivity index (χ1v) is 8.13. The van der Waals surface area contributed by atoms with Gasteiger partial charge in [-0.2, -0.15) is 0 Å². The van der Waals surface area contributed by atoms with E-state index in [1.54, 1.807) is 26.0 Å². The fraction of sp³-hybridized carbons (Fsp3) is 0.611. The number of carbonyl (C=O) groups is 3. The van der Waals surface area contributed by atoms with E-state index in [2.05, 4.69) is 32.1 Å². The van der Waals surface area contributed by atoms with Gasteiger partial charge < -0.3 is 23.8 Å². The van der Waals surface area contributed by atoms with Crippen LogP contribution in [0.2, 0.25) is 0 Å². The Morgan fingerprint density at radius 2 is 1.65 bits per heavy atom. The Morgan fingerprint density at radius 3 is 1.96 bits per heavy atom. The molecule has 0 saturated carbocycles. The summed E-state index contributed by atoms with van der Waals surface area (Å²) < 4.78 is 18.5. The van der Waals surface area contributed by atoms with Crippen LogP contribution < -0.4 is 0 Å². The number of carbonyl (C=O) groups excluding carboxylic acids is 3. The summed E-state index contributed by atoms with van der Waals surface area (Å²) in [5.74, 6) is -0.482. The van der Waals surface area contributed by atoms with E-state index in [1.807, 2.05) is 7.05 Å². The summed E-state index contributed by atoms with van der Waals surface area (Å²) in [5, 5.41) is 0. The van der Waals surface area contributed by atoms with Crippen LogP contribution in [0.4, 0.5) is 0 Å². The van der Waals surface area contributed by atoms with Gasteiger partial charge in [0.2, 0.25) is 5.91 Å². The van der Waals surface area contributed by atoms with Crippen LogP contribution in [-0.4, -0.2) is 77.0 Å². The largest absolute Gasteiger partial charge is 0.460 e. The van der Waals surface area contributed by atoms with Crippen molar-refractivity contribution < 1.29 is 33.3 Å². The molecule has 0 bridgehead atoms. The lowest BCUT2D eigenvalue weighted by Gasteiger charge is -2.03. The van der Waals surface area contributed by atoms with Crippen molar-refractivity contribution in [1.29, 1.82) is 0 Å². The molecule has 0 spiro atoms. The van der Waals surface area contributed by atoms with Crippen molar-refractivity contribution in [3.8, 4) is 0 Å². The van der Waals surface area contributed by atoms with Gasteiger partial charge in [-0.15, -0.1) is 0 Å². The van der Waals surface area contributed by atoms with Crippen molar-refractivity contribution in [2.24, 2.45) is 0 Å². The molecule has 0 aromatic carbocycles. The molecule has 1 amide bonds. The van der Waals surface area contributed by atoms with Gasteiger partial charge in [-0.25, -0.2) is 9.59 Å². The zero-order valence-corrected chi connectivity index (χ0v) is 16.2. The van der Waals surface area contributed by atoms with Gasteiger partial charge in [0.05, 0.1) is 13.2 Å². The lowest BCUT2D eigenvalue weighted by atomic mass is 10.4. The molecule has 0 aromatic heterocycles. The number of nitrogens with zero attached hydrogens (tertiary/aromatic N) is 1. The van der Waals surface area contributed by atoms with E-state index in [-0.39, 0.29) is 5.97 Å². The maximum Gasteiger partial charge on any atom is 0.333 e. The Bertz CT molecular complexity index is 449. The Morgan fingerprint density at radius 1 is 1.12 bits per heavy atom. The average Bonchev–Trinajstić information content (AvgIpc) is 2.99. The molecule has 8 heteroatoms. The van der Waals surface area contributed by atoms with Crippen molar-refractivity contribution in [2.45, 2.75) is 19.8 Å². The number of hydrogen-bond donors (Lipinski definition) is 0. The van der Waals surface area contributed by atoms with Crippen LogP contribution in [0, 0.1) is 0 Å². The van der Waals surface area contributed by atoms with E-state index >= 15 is 0 Å². The van der Waals surface area contributed by atoms with Crippen molar-refractivity contribution >= 4 is 17.8 Å². The number of likely N-dealkylation sites (tertiary alicyclic amines) is 1. The molecule has 1 saturated heterocycles. The van der Waals surface area contributed by atoms with Crippen LogP contribution in [0.15, 0.2) is 24.8 Å². The molecule has 26 heavy (non-hydrogen) atoms. The Balaban J connectivity index is 0. The minimum absolute atomic E-state index is 0.292. The first-order valence-electron chi connectivity index (χ1n) is 8.13. The van der Waals surface area contributed by atoms with Crippen LogP contribution in [0.5, 0.6) is 0 Å². The van der Waals surface area contributed by atoms with E-state index in [0.29, 0.717) is 37.9 Å². The van der Waals surface area contributed by atoms with Gasteiger partial charge >= 0.3 is 11.9 Å². The molecule has 0 radical (unpaired) electrons. The molecule has 1 fully saturated rings. The predicted octanol–water partition coefficient (Wildman–Crippen LogP) is 1.35. The number of methoxy groups -OCH3 is 2. The molecule has 0 unspecified atom stereocenters. The van der Waals surface area contributed by atoms with Crippen LogP contribution in [-0.2, 0) is 33.3 Å². The topological polar surface area (TPSA) is 91.4 Å². The van der Waals surface area contributed by atoms with Gasteiger partial charge in [0.1, 0.15) is 13.2 Å². The standard InChI is InChI=1S/C7H12O3.C6H10O3.C5H9NO/c1-6(2)7(8)10-5-4-9-3;1-3-6(7)9-5-4-8-2;1-6-4-2-3-5(6)7/h1,4-5H2,2-3H3;3H,1,4-5H2,2H3;2-4H2,1H3. The molecule has 1 aliphatic rings. The smallest absolute Gasteiger partial charge is 0.333 e.